The molecule has 2 N–H and O–H groups in total. The Morgan fingerprint density at radius 2 is 2.50 bits per heavy atom. The second kappa shape index (κ2) is 3.76. The third-order valence-corrected chi connectivity index (χ3v) is 1.51. The van der Waals surface area contributed by atoms with Crippen molar-refractivity contribution in [2.45, 2.75) is 6.92 Å². The molecular weight excluding hydrogens is 152 g/mol. The highest BCUT2D eigenvalue weighted by Crippen LogP contribution is 2.20. The number of nitrogens with zero attached hydrogens (tertiary/aromatic N) is 1. The quantitative estimate of drug-likeness (QED) is 0.689. The van der Waals surface area contributed by atoms with Crippen LogP contribution in [0.3, 0.4) is 0 Å². The maximum atomic E-state index is 5.70. The fourth-order valence-electron chi connectivity index (χ4n) is 0.798. The van der Waals surface area contributed by atoms with Crippen LogP contribution < -0.4 is 10.5 Å². The molecule has 3 nitrogen and oxygen atoms in total. The van der Waals surface area contributed by atoms with Gasteiger partial charge in [-0.15, -0.1) is 0 Å². The van der Waals surface area contributed by atoms with Crippen LogP contribution in [0.5, 0.6) is 5.88 Å². The molecule has 0 atom stereocenters. The van der Waals surface area contributed by atoms with Crippen LogP contribution in [-0.2, 0) is 0 Å². The van der Waals surface area contributed by atoms with Gasteiger partial charge in [-0.05, 0) is 18.6 Å². The van der Waals surface area contributed by atoms with Crippen LogP contribution >= 0.6 is 0 Å². The molecule has 64 valence electrons. The molecule has 0 aliphatic rings. The number of rotatable bonds is 3. The van der Waals surface area contributed by atoms with E-state index in [1.165, 1.54) is 0 Å². The van der Waals surface area contributed by atoms with Gasteiger partial charge in [0, 0.05) is 6.20 Å². The van der Waals surface area contributed by atoms with Gasteiger partial charge in [0.25, 0.3) is 0 Å². The molecule has 12 heavy (non-hydrogen) atoms. The van der Waals surface area contributed by atoms with Crippen LogP contribution in [0.4, 0.5) is 5.69 Å². The van der Waals surface area contributed by atoms with Gasteiger partial charge in [-0.25, -0.2) is 4.98 Å². The predicted octanol–water partition coefficient (Wildman–Crippen LogP) is 1.54. The lowest BCUT2D eigenvalue weighted by molar-refractivity contribution is 0.350. The van der Waals surface area contributed by atoms with Crippen molar-refractivity contribution in [2.75, 3.05) is 12.3 Å². The second-order valence-electron chi connectivity index (χ2n) is 2.45. The van der Waals surface area contributed by atoms with Gasteiger partial charge >= 0.3 is 0 Å². The minimum atomic E-state index is 0.431. The first-order chi connectivity index (χ1) is 5.75. The van der Waals surface area contributed by atoms with Crippen LogP contribution in [0, 0.1) is 6.92 Å². The number of pyridine rings is 1. The van der Waals surface area contributed by atoms with Crippen LogP contribution in [0.25, 0.3) is 0 Å². The molecule has 0 saturated heterocycles. The number of hydrogen-bond donors (Lipinski definition) is 1. The van der Waals surface area contributed by atoms with Crippen molar-refractivity contribution in [1.82, 2.24) is 4.98 Å². The molecule has 0 amide bonds. The van der Waals surface area contributed by atoms with Crippen molar-refractivity contribution < 1.29 is 4.74 Å². The summed E-state index contributed by atoms with van der Waals surface area (Å²) < 4.78 is 5.21. The third kappa shape index (κ3) is 1.75. The van der Waals surface area contributed by atoms with E-state index in [0.717, 1.165) is 5.56 Å². The summed E-state index contributed by atoms with van der Waals surface area (Å²) in [4.78, 5) is 3.98. The van der Waals surface area contributed by atoms with Gasteiger partial charge in [0.15, 0.2) is 0 Å². The molecule has 1 heterocycles. The number of ether oxygens (including phenoxy) is 1. The van der Waals surface area contributed by atoms with Gasteiger partial charge < -0.3 is 10.5 Å². The summed E-state index contributed by atoms with van der Waals surface area (Å²) in [5.41, 5.74) is 7.27. The zero-order valence-corrected chi connectivity index (χ0v) is 7.08. The van der Waals surface area contributed by atoms with E-state index >= 15 is 0 Å². The maximum absolute atomic E-state index is 5.70. The van der Waals surface area contributed by atoms with Crippen molar-refractivity contribution in [2.24, 2.45) is 0 Å². The molecular formula is C9H12N2O. The molecule has 0 radical (unpaired) electrons. The van der Waals surface area contributed by atoms with Crippen molar-refractivity contribution in [1.29, 1.82) is 0 Å². The smallest absolute Gasteiger partial charge is 0.237 e. The molecule has 1 rings (SSSR count). The zero-order valence-electron chi connectivity index (χ0n) is 7.08. The number of aromatic nitrogens is 1. The van der Waals surface area contributed by atoms with Crippen molar-refractivity contribution in [3.05, 3.63) is 30.5 Å². The van der Waals surface area contributed by atoms with Gasteiger partial charge in [0.1, 0.15) is 6.61 Å². The number of aryl methyl sites for hydroxylation is 1. The fourth-order valence-corrected chi connectivity index (χ4v) is 0.798. The molecule has 0 aliphatic carbocycles. The van der Waals surface area contributed by atoms with E-state index in [0.29, 0.717) is 18.2 Å². The third-order valence-electron chi connectivity index (χ3n) is 1.51. The van der Waals surface area contributed by atoms with E-state index in [9.17, 15) is 0 Å². The standard InChI is InChI=1S/C9H12N2O/c1-3-6-12-9-8(10)7(2)4-5-11-9/h3-5H,1,6,10H2,2H3. The van der Waals surface area contributed by atoms with Gasteiger partial charge in [0.2, 0.25) is 5.88 Å². The fraction of sp³-hybridized carbons (Fsp3) is 0.222. The summed E-state index contributed by atoms with van der Waals surface area (Å²) in [6.45, 7) is 5.88. The Kier molecular flexibility index (Phi) is 2.69. The molecule has 3 heteroatoms. The summed E-state index contributed by atoms with van der Waals surface area (Å²) >= 11 is 0. The number of nitrogens with two attached hydrogens (primary N) is 1. The summed E-state index contributed by atoms with van der Waals surface area (Å²) in [5.74, 6) is 0.481. The Morgan fingerprint density at radius 1 is 1.75 bits per heavy atom. The molecule has 0 saturated carbocycles. The SMILES string of the molecule is C=CCOc1nccc(C)c1N. The molecule has 0 spiro atoms. The summed E-state index contributed by atoms with van der Waals surface area (Å²) in [7, 11) is 0. The molecule has 1 aromatic heterocycles. The van der Waals surface area contributed by atoms with Crippen LogP contribution in [0.1, 0.15) is 5.56 Å². The minimum Gasteiger partial charge on any atom is -0.472 e. The largest absolute Gasteiger partial charge is 0.472 e. The van der Waals surface area contributed by atoms with E-state index in [1.807, 2.05) is 13.0 Å². The maximum Gasteiger partial charge on any atom is 0.237 e. The molecule has 0 bridgehead atoms. The zero-order chi connectivity index (χ0) is 8.97. The summed E-state index contributed by atoms with van der Waals surface area (Å²) in [6, 6.07) is 1.84. The predicted molar refractivity (Wildman–Crippen MR) is 49.1 cm³/mol. The Bertz CT molecular complexity index is 284. The molecule has 0 aliphatic heterocycles. The lowest BCUT2D eigenvalue weighted by Gasteiger charge is -2.06. The van der Waals surface area contributed by atoms with Crippen molar-refractivity contribution >= 4 is 5.69 Å². The lowest BCUT2D eigenvalue weighted by Crippen LogP contribution is -2.01. The Morgan fingerprint density at radius 3 is 3.17 bits per heavy atom. The average Bonchev–Trinajstić information content (AvgIpc) is 2.08. The van der Waals surface area contributed by atoms with Crippen molar-refractivity contribution in [3.8, 4) is 5.88 Å². The minimum absolute atomic E-state index is 0.431. The number of hydrogen-bond acceptors (Lipinski definition) is 3. The molecule has 1 aromatic rings. The van der Waals surface area contributed by atoms with Gasteiger partial charge in [-0.3, -0.25) is 0 Å². The van der Waals surface area contributed by atoms with E-state index in [4.69, 9.17) is 10.5 Å². The lowest BCUT2D eigenvalue weighted by atomic mass is 10.2. The number of anilines is 1. The molecule has 0 unspecified atom stereocenters. The monoisotopic (exact) mass is 164 g/mol. The van der Waals surface area contributed by atoms with E-state index in [2.05, 4.69) is 11.6 Å². The summed E-state index contributed by atoms with van der Waals surface area (Å²) in [5, 5.41) is 0. The first kappa shape index (κ1) is 8.59. The molecule has 0 aromatic carbocycles. The second-order valence-corrected chi connectivity index (χ2v) is 2.45. The molecule has 0 fully saturated rings. The van der Waals surface area contributed by atoms with Gasteiger partial charge in [0.05, 0.1) is 5.69 Å². The van der Waals surface area contributed by atoms with E-state index in [-0.39, 0.29) is 0 Å². The summed E-state index contributed by atoms with van der Waals surface area (Å²) in [6.07, 6.45) is 3.33. The highest BCUT2D eigenvalue weighted by molar-refractivity contribution is 5.53. The van der Waals surface area contributed by atoms with Gasteiger partial charge in [-0.1, -0.05) is 12.7 Å². The van der Waals surface area contributed by atoms with Gasteiger partial charge in [-0.2, -0.15) is 0 Å². The normalized spacial score (nSPS) is 9.42. The van der Waals surface area contributed by atoms with Crippen LogP contribution in [-0.4, -0.2) is 11.6 Å². The van der Waals surface area contributed by atoms with Crippen LogP contribution in [0.15, 0.2) is 24.9 Å². The highest BCUT2D eigenvalue weighted by Gasteiger charge is 2.02. The topological polar surface area (TPSA) is 48.1 Å². The van der Waals surface area contributed by atoms with Crippen molar-refractivity contribution in [3.63, 3.8) is 0 Å². The Hall–Kier alpha value is -1.51. The first-order valence-corrected chi connectivity index (χ1v) is 3.70. The van der Waals surface area contributed by atoms with Crippen LogP contribution in [0.2, 0.25) is 0 Å². The number of nitrogen functional groups attached to an aromatic ring is 1. The highest BCUT2D eigenvalue weighted by atomic mass is 16.5. The van der Waals surface area contributed by atoms with E-state index in [1.54, 1.807) is 12.3 Å². The average molecular weight is 164 g/mol. The Balaban J connectivity index is 2.84. The first-order valence-electron chi connectivity index (χ1n) is 3.70. The Labute approximate surface area is 71.9 Å². The van der Waals surface area contributed by atoms with E-state index < -0.39 is 0 Å².